The van der Waals surface area contributed by atoms with Crippen LogP contribution in [0.25, 0.3) is 22.3 Å². The Hall–Kier alpha value is -3.00. The highest BCUT2D eigenvalue weighted by molar-refractivity contribution is 5.77. The van der Waals surface area contributed by atoms with E-state index in [0.29, 0.717) is 0 Å². The summed E-state index contributed by atoms with van der Waals surface area (Å²) in [5, 5.41) is 0. The second kappa shape index (κ2) is 8.41. The van der Waals surface area contributed by atoms with Gasteiger partial charge in [-0.05, 0) is 47.6 Å². The average Bonchev–Trinajstić information content (AvgIpc) is 2.74. The van der Waals surface area contributed by atoms with Gasteiger partial charge in [0.15, 0.2) is 5.54 Å². The molecule has 0 aliphatic rings. The van der Waals surface area contributed by atoms with Crippen molar-refractivity contribution in [2.45, 2.75) is 72.8 Å². The first-order valence-corrected chi connectivity index (χ1v) is 12.0. The lowest BCUT2D eigenvalue weighted by Crippen LogP contribution is -2.54. The van der Waals surface area contributed by atoms with Gasteiger partial charge < -0.3 is 0 Å². The van der Waals surface area contributed by atoms with E-state index in [-0.39, 0.29) is 11.0 Å². The van der Waals surface area contributed by atoms with Crippen LogP contribution in [0.2, 0.25) is 0 Å². The molecule has 170 valence electrons. The molecule has 0 saturated heterocycles. The first-order chi connectivity index (χ1) is 15.5. The van der Waals surface area contributed by atoms with Gasteiger partial charge in [0, 0.05) is 32.4 Å². The van der Waals surface area contributed by atoms with Crippen LogP contribution in [0.1, 0.15) is 69.5 Å². The summed E-state index contributed by atoms with van der Waals surface area (Å²) in [5.74, 6) is 0. The maximum atomic E-state index is 5.29. The number of fused-ring (bicyclic) bond motifs is 1. The summed E-state index contributed by atoms with van der Waals surface area (Å²) in [7, 11) is 0. The SMILES string of the molecule is Cc1cc2nc(-c3ccccc3)c(Cc3ccccc3C(C)(C)C)[n+](C(C)(C)C)c2cc1C. The van der Waals surface area contributed by atoms with Gasteiger partial charge in [-0.2, -0.15) is 4.57 Å². The first kappa shape index (κ1) is 23.2. The fourth-order valence-electron chi connectivity index (χ4n) is 4.83. The predicted octanol–water partition coefficient (Wildman–Crippen LogP) is 7.45. The third-order valence-corrected chi connectivity index (χ3v) is 6.51. The highest BCUT2D eigenvalue weighted by Gasteiger charge is 2.34. The summed E-state index contributed by atoms with van der Waals surface area (Å²) in [4.78, 5) is 5.29. The molecule has 1 heterocycles. The molecule has 0 amide bonds. The third-order valence-electron chi connectivity index (χ3n) is 6.51. The van der Waals surface area contributed by atoms with Crippen molar-refractivity contribution < 1.29 is 4.57 Å². The molecule has 2 nitrogen and oxygen atoms in total. The first-order valence-electron chi connectivity index (χ1n) is 12.0. The number of nitrogens with zero attached hydrogens (tertiary/aromatic N) is 2. The molecule has 4 rings (SSSR count). The van der Waals surface area contributed by atoms with E-state index in [1.807, 2.05) is 0 Å². The lowest BCUT2D eigenvalue weighted by molar-refractivity contribution is -0.736. The molecule has 0 aliphatic carbocycles. The second-order valence-corrected chi connectivity index (χ2v) is 11.3. The van der Waals surface area contributed by atoms with Crippen LogP contribution in [0, 0.1) is 13.8 Å². The molecular weight excluding hydrogens is 400 g/mol. The zero-order valence-electron chi connectivity index (χ0n) is 21.5. The summed E-state index contributed by atoms with van der Waals surface area (Å²) in [5.41, 5.74) is 11.1. The van der Waals surface area contributed by atoms with Gasteiger partial charge in [0.2, 0.25) is 11.2 Å². The molecule has 0 bridgehead atoms. The number of aromatic nitrogens is 2. The van der Waals surface area contributed by atoms with E-state index < -0.39 is 0 Å². The Morgan fingerprint density at radius 2 is 1.36 bits per heavy atom. The molecule has 1 aromatic heterocycles. The minimum atomic E-state index is -0.0988. The van der Waals surface area contributed by atoms with E-state index in [2.05, 4.69) is 127 Å². The summed E-state index contributed by atoms with van der Waals surface area (Å²) < 4.78 is 2.53. The van der Waals surface area contributed by atoms with Crippen molar-refractivity contribution in [1.29, 1.82) is 0 Å². The summed E-state index contributed by atoms with van der Waals surface area (Å²) in [6.45, 7) is 18.2. The molecule has 4 aromatic rings. The number of benzene rings is 3. The number of rotatable bonds is 3. The van der Waals surface area contributed by atoms with Crippen LogP contribution in [0.3, 0.4) is 0 Å². The van der Waals surface area contributed by atoms with Crippen LogP contribution in [0.4, 0.5) is 0 Å². The molecule has 0 aliphatic heterocycles. The lowest BCUT2D eigenvalue weighted by Gasteiger charge is -2.25. The molecule has 3 aromatic carbocycles. The van der Waals surface area contributed by atoms with Crippen molar-refractivity contribution in [3.63, 3.8) is 0 Å². The summed E-state index contributed by atoms with van der Waals surface area (Å²) in [6, 6.07) is 24.1. The molecular formula is C31H37N2+. The molecule has 33 heavy (non-hydrogen) atoms. The maximum absolute atomic E-state index is 5.29. The van der Waals surface area contributed by atoms with E-state index in [4.69, 9.17) is 4.98 Å². The zero-order chi connectivity index (χ0) is 24.0. The van der Waals surface area contributed by atoms with Crippen LogP contribution in [0.5, 0.6) is 0 Å². The Kier molecular flexibility index (Phi) is 5.90. The molecule has 0 fully saturated rings. The largest absolute Gasteiger partial charge is 0.235 e. The minimum absolute atomic E-state index is 0.0774. The van der Waals surface area contributed by atoms with Crippen LogP contribution in [-0.2, 0) is 17.4 Å². The van der Waals surface area contributed by atoms with Crippen molar-refractivity contribution in [3.05, 3.63) is 94.7 Å². The van der Waals surface area contributed by atoms with Gasteiger partial charge >= 0.3 is 0 Å². The van der Waals surface area contributed by atoms with Crippen molar-refractivity contribution >= 4 is 11.0 Å². The predicted molar refractivity (Wildman–Crippen MR) is 140 cm³/mol. The summed E-state index contributed by atoms with van der Waals surface area (Å²) >= 11 is 0. The van der Waals surface area contributed by atoms with Gasteiger partial charge in [-0.25, -0.2) is 4.98 Å². The average molecular weight is 438 g/mol. The van der Waals surface area contributed by atoms with Crippen molar-refractivity contribution in [2.24, 2.45) is 0 Å². The topological polar surface area (TPSA) is 16.8 Å². The van der Waals surface area contributed by atoms with Gasteiger partial charge in [0.1, 0.15) is 11.2 Å². The van der Waals surface area contributed by atoms with Crippen molar-refractivity contribution in [3.8, 4) is 11.3 Å². The Bertz CT molecular complexity index is 1300. The van der Waals surface area contributed by atoms with Crippen molar-refractivity contribution in [1.82, 2.24) is 4.98 Å². The van der Waals surface area contributed by atoms with Crippen LogP contribution in [-0.4, -0.2) is 4.98 Å². The molecule has 0 radical (unpaired) electrons. The Morgan fingerprint density at radius 1 is 0.758 bits per heavy atom. The monoisotopic (exact) mass is 437 g/mol. The van der Waals surface area contributed by atoms with E-state index in [1.54, 1.807) is 0 Å². The van der Waals surface area contributed by atoms with Crippen LogP contribution < -0.4 is 4.57 Å². The Labute approximate surface area is 199 Å². The van der Waals surface area contributed by atoms with Gasteiger partial charge in [-0.1, -0.05) is 75.4 Å². The number of aryl methyl sites for hydroxylation is 2. The van der Waals surface area contributed by atoms with Crippen LogP contribution >= 0.6 is 0 Å². The molecule has 0 saturated carbocycles. The van der Waals surface area contributed by atoms with E-state index in [0.717, 1.165) is 17.6 Å². The van der Waals surface area contributed by atoms with Gasteiger partial charge in [-0.3, -0.25) is 0 Å². The van der Waals surface area contributed by atoms with Gasteiger partial charge in [0.05, 0.1) is 6.42 Å². The van der Waals surface area contributed by atoms with E-state index >= 15 is 0 Å². The highest BCUT2D eigenvalue weighted by Crippen LogP contribution is 2.31. The normalized spacial score (nSPS) is 12.4. The number of hydrogen-bond donors (Lipinski definition) is 0. The third kappa shape index (κ3) is 4.57. The highest BCUT2D eigenvalue weighted by atomic mass is 15.1. The Balaban J connectivity index is 2.11. The maximum Gasteiger partial charge on any atom is 0.232 e. The molecule has 0 N–H and O–H groups in total. The van der Waals surface area contributed by atoms with Gasteiger partial charge in [-0.15, -0.1) is 0 Å². The smallest absolute Gasteiger partial charge is 0.232 e. The second-order valence-electron chi connectivity index (χ2n) is 11.3. The molecule has 2 heteroatoms. The minimum Gasteiger partial charge on any atom is -0.235 e. The van der Waals surface area contributed by atoms with Crippen LogP contribution in [0.15, 0.2) is 66.7 Å². The fraction of sp³-hybridized carbons (Fsp3) is 0.355. The zero-order valence-corrected chi connectivity index (χ0v) is 21.5. The lowest BCUT2D eigenvalue weighted by atomic mass is 9.82. The standard InChI is InChI=1S/C31H37N2/c1-21-18-26-27(19-22(21)2)33(31(6,7)8)28(29(32-26)23-14-10-9-11-15-23)20-24-16-12-13-17-25(24)30(3,4)5/h9-19H,20H2,1-8H3/q+1. The van der Waals surface area contributed by atoms with E-state index in [9.17, 15) is 0 Å². The summed E-state index contributed by atoms with van der Waals surface area (Å²) in [6.07, 6.45) is 0.838. The molecule has 0 unspecified atom stereocenters. The molecule has 0 atom stereocenters. The van der Waals surface area contributed by atoms with E-state index in [1.165, 1.54) is 39.0 Å². The Morgan fingerprint density at radius 3 is 2.00 bits per heavy atom. The van der Waals surface area contributed by atoms with Gasteiger partial charge in [0.25, 0.3) is 0 Å². The van der Waals surface area contributed by atoms with Crippen molar-refractivity contribution in [2.75, 3.05) is 0 Å². The fourth-order valence-corrected chi connectivity index (χ4v) is 4.83. The number of hydrogen-bond acceptors (Lipinski definition) is 1. The molecule has 0 spiro atoms. The quantitative estimate of drug-likeness (QED) is 0.304.